The minimum atomic E-state index is 0.759. The van der Waals surface area contributed by atoms with Crippen LogP contribution in [0.1, 0.15) is 11.1 Å². The van der Waals surface area contributed by atoms with Crippen molar-refractivity contribution in [2.45, 2.75) is 10.6 Å². The molecule has 4 heteroatoms. The first-order valence-corrected chi connectivity index (χ1v) is 7.75. The fraction of sp³-hybridized carbons (Fsp3) is 0.188. The molecular formula is C16H16BrNOS. The van der Waals surface area contributed by atoms with Gasteiger partial charge in [-0.1, -0.05) is 40.2 Å². The third kappa shape index (κ3) is 5.79. The predicted octanol–water partition coefficient (Wildman–Crippen LogP) is 4.88. The molecule has 0 aliphatic rings. The lowest BCUT2D eigenvalue weighted by Crippen LogP contribution is -1.86. The maximum absolute atomic E-state index is 8.99. The Morgan fingerprint density at radius 3 is 2.50 bits per heavy atom. The number of nitrogens with zero attached hydrogens (tertiary/aromatic N) is 1. The van der Waals surface area contributed by atoms with Gasteiger partial charge in [-0.3, -0.25) is 0 Å². The predicted molar refractivity (Wildman–Crippen MR) is 87.8 cm³/mol. The van der Waals surface area contributed by atoms with Gasteiger partial charge in [0.1, 0.15) is 0 Å². The van der Waals surface area contributed by atoms with Crippen LogP contribution in [0.15, 0.2) is 57.9 Å². The number of rotatable bonds is 3. The van der Waals surface area contributed by atoms with E-state index in [1.165, 1.54) is 4.90 Å². The molecule has 0 N–H and O–H groups in total. The van der Waals surface area contributed by atoms with Gasteiger partial charge in [-0.05, 0) is 29.8 Å². The molecule has 0 atom stereocenters. The van der Waals surface area contributed by atoms with Gasteiger partial charge < -0.3 is 4.74 Å². The molecule has 2 nitrogen and oxygen atoms in total. The van der Waals surface area contributed by atoms with E-state index in [9.17, 15) is 0 Å². The van der Waals surface area contributed by atoms with E-state index >= 15 is 0 Å². The minimum Gasteiger partial charge on any atom is -0.388 e. The van der Waals surface area contributed by atoms with E-state index in [-0.39, 0.29) is 0 Å². The highest BCUT2D eigenvalue weighted by molar-refractivity contribution is 9.10. The van der Waals surface area contributed by atoms with Crippen molar-refractivity contribution in [3.05, 3.63) is 64.1 Å². The summed E-state index contributed by atoms with van der Waals surface area (Å²) in [5.41, 5.74) is 1.84. The lowest BCUT2D eigenvalue weighted by Gasteiger charge is -2.04. The lowest BCUT2D eigenvalue weighted by atomic mass is 10.1. The minimum absolute atomic E-state index is 0.759. The number of ether oxygens (including phenoxy) is 1. The van der Waals surface area contributed by atoms with E-state index in [1.54, 1.807) is 26.0 Å². The van der Waals surface area contributed by atoms with Gasteiger partial charge in [-0.15, -0.1) is 11.8 Å². The Balaban J connectivity index is 0.000000612. The molecule has 0 amide bonds. The molecule has 0 spiro atoms. The second-order valence-electron chi connectivity index (χ2n) is 3.92. The van der Waals surface area contributed by atoms with E-state index in [2.05, 4.69) is 38.9 Å². The van der Waals surface area contributed by atoms with Gasteiger partial charge in [0, 0.05) is 29.3 Å². The van der Waals surface area contributed by atoms with Crippen LogP contribution in [0.5, 0.6) is 0 Å². The number of methoxy groups -OCH3 is 1. The number of hydrogen-bond acceptors (Lipinski definition) is 3. The van der Waals surface area contributed by atoms with Gasteiger partial charge in [-0.2, -0.15) is 5.26 Å². The normalized spacial score (nSPS) is 9.30. The second-order valence-corrected chi connectivity index (χ2v) is 5.89. The summed E-state index contributed by atoms with van der Waals surface area (Å²) in [6, 6.07) is 18.1. The highest BCUT2D eigenvalue weighted by Crippen LogP contribution is 2.26. The van der Waals surface area contributed by atoms with Crippen molar-refractivity contribution in [2.75, 3.05) is 14.2 Å². The second kappa shape index (κ2) is 9.60. The standard InChI is InChI=1S/C14H10BrNS.C2H6O/c15-13-6-3-7-14(8-13)17-10-12-5-2-1-4-11(12)9-16;1-3-2/h1-8H,10H2;1-2H3. The highest BCUT2D eigenvalue weighted by atomic mass is 79.9. The van der Waals surface area contributed by atoms with Crippen LogP contribution in [0, 0.1) is 11.3 Å². The quantitative estimate of drug-likeness (QED) is 0.740. The van der Waals surface area contributed by atoms with E-state index in [0.29, 0.717) is 0 Å². The zero-order chi connectivity index (χ0) is 14.8. The van der Waals surface area contributed by atoms with Crippen LogP contribution >= 0.6 is 27.7 Å². The monoisotopic (exact) mass is 349 g/mol. The highest BCUT2D eigenvalue weighted by Gasteiger charge is 2.02. The molecule has 0 saturated carbocycles. The van der Waals surface area contributed by atoms with Crippen LogP contribution in [0.2, 0.25) is 0 Å². The first kappa shape index (κ1) is 16.8. The molecule has 0 radical (unpaired) electrons. The summed E-state index contributed by atoms with van der Waals surface area (Å²) in [5, 5.41) is 8.99. The van der Waals surface area contributed by atoms with Gasteiger partial charge in [0.2, 0.25) is 0 Å². The zero-order valence-electron chi connectivity index (χ0n) is 11.5. The Hall–Kier alpha value is -1.28. The first-order valence-electron chi connectivity index (χ1n) is 5.97. The Morgan fingerprint density at radius 2 is 1.85 bits per heavy atom. The SMILES string of the molecule is COC.N#Cc1ccccc1CSc1cccc(Br)c1. The fourth-order valence-electron chi connectivity index (χ4n) is 1.47. The Kier molecular flexibility index (Phi) is 8.05. The van der Waals surface area contributed by atoms with Crippen LogP contribution in [-0.4, -0.2) is 14.2 Å². The van der Waals surface area contributed by atoms with E-state index in [4.69, 9.17) is 5.26 Å². The Bertz CT molecular complexity index is 581. The van der Waals surface area contributed by atoms with Crippen molar-refractivity contribution in [3.63, 3.8) is 0 Å². The summed E-state index contributed by atoms with van der Waals surface area (Å²) < 4.78 is 5.33. The summed E-state index contributed by atoms with van der Waals surface area (Å²) in [5.74, 6) is 0.820. The molecule has 0 aliphatic carbocycles. The number of halogens is 1. The van der Waals surface area contributed by atoms with E-state index < -0.39 is 0 Å². The number of thioether (sulfide) groups is 1. The van der Waals surface area contributed by atoms with Crippen LogP contribution in [0.3, 0.4) is 0 Å². The zero-order valence-corrected chi connectivity index (χ0v) is 13.9. The van der Waals surface area contributed by atoms with Crippen molar-refractivity contribution in [1.29, 1.82) is 5.26 Å². The van der Waals surface area contributed by atoms with Gasteiger partial charge in [0.05, 0.1) is 11.6 Å². The van der Waals surface area contributed by atoms with Crippen molar-refractivity contribution >= 4 is 27.7 Å². The first-order chi connectivity index (χ1) is 9.71. The lowest BCUT2D eigenvalue weighted by molar-refractivity contribution is 0.277. The molecule has 0 aromatic heterocycles. The van der Waals surface area contributed by atoms with Gasteiger partial charge in [0.15, 0.2) is 0 Å². The fourth-order valence-corrected chi connectivity index (χ4v) is 2.98. The van der Waals surface area contributed by atoms with Crippen LogP contribution in [0.4, 0.5) is 0 Å². The largest absolute Gasteiger partial charge is 0.388 e. The third-order valence-electron chi connectivity index (χ3n) is 2.33. The van der Waals surface area contributed by atoms with Crippen molar-refractivity contribution in [1.82, 2.24) is 0 Å². The van der Waals surface area contributed by atoms with E-state index in [0.717, 1.165) is 21.4 Å². The van der Waals surface area contributed by atoms with Crippen molar-refractivity contribution in [2.24, 2.45) is 0 Å². The topological polar surface area (TPSA) is 33.0 Å². The van der Waals surface area contributed by atoms with Crippen LogP contribution < -0.4 is 0 Å². The average Bonchev–Trinajstić information content (AvgIpc) is 2.46. The number of hydrogen-bond donors (Lipinski definition) is 0. The Labute approximate surface area is 132 Å². The van der Waals surface area contributed by atoms with Crippen molar-refractivity contribution in [3.8, 4) is 6.07 Å². The maximum Gasteiger partial charge on any atom is 0.0994 e. The van der Waals surface area contributed by atoms with Crippen LogP contribution in [0.25, 0.3) is 0 Å². The molecule has 2 aromatic carbocycles. The maximum atomic E-state index is 8.99. The number of benzene rings is 2. The van der Waals surface area contributed by atoms with Crippen LogP contribution in [-0.2, 0) is 10.5 Å². The summed E-state index contributed by atoms with van der Waals surface area (Å²) in [6.07, 6.45) is 0. The van der Waals surface area contributed by atoms with E-state index in [1.807, 2.05) is 36.4 Å². The molecule has 0 bridgehead atoms. The summed E-state index contributed by atoms with van der Waals surface area (Å²) >= 11 is 5.19. The molecule has 0 aliphatic heterocycles. The molecule has 2 rings (SSSR count). The van der Waals surface area contributed by atoms with Gasteiger partial charge >= 0.3 is 0 Å². The average molecular weight is 350 g/mol. The summed E-state index contributed by atoms with van der Waals surface area (Å²) in [4.78, 5) is 1.20. The molecule has 0 saturated heterocycles. The van der Waals surface area contributed by atoms with Gasteiger partial charge in [-0.25, -0.2) is 0 Å². The van der Waals surface area contributed by atoms with Gasteiger partial charge in [0.25, 0.3) is 0 Å². The molecule has 20 heavy (non-hydrogen) atoms. The third-order valence-corrected chi connectivity index (χ3v) is 3.86. The van der Waals surface area contributed by atoms with Crippen molar-refractivity contribution < 1.29 is 4.74 Å². The summed E-state index contributed by atoms with van der Waals surface area (Å²) in [7, 11) is 3.25. The summed E-state index contributed by atoms with van der Waals surface area (Å²) in [6.45, 7) is 0. The molecule has 0 fully saturated rings. The molecular weight excluding hydrogens is 334 g/mol. The Morgan fingerprint density at radius 1 is 1.15 bits per heavy atom. The smallest absolute Gasteiger partial charge is 0.0994 e. The molecule has 2 aromatic rings. The molecule has 0 unspecified atom stereocenters. The molecule has 104 valence electrons. The number of nitriles is 1. The molecule has 0 heterocycles.